The Labute approximate surface area is 192 Å². The second-order valence-corrected chi connectivity index (χ2v) is 7.64. The van der Waals surface area contributed by atoms with Gasteiger partial charge in [0.15, 0.2) is 0 Å². The van der Waals surface area contributed by atoms with Gasteiger partial charge in [0, 0.05) is 12.0 Å². The highest BCUT2D eigenvalue weighted by Crippen LogP contribution is 2.38. The van der Waals surface area contributed by atoms with Gasteiger partial charge in [-0.15, -0.1) is 0 Å². The quantitative estimate of drug-likeness (QED) is 0.507. The minimum absolute atomic E-state index is 0.270. The molecule has 6 nitrogen and oxygen atoms in total. The molecule has 1 heterocycles. The lowest BCUT2D eigenvalue weighted by Gasteiger charge is -2.22. The lowest BCUT2D eigenvalue weighted by atomic mass is 9.97. The maximum atomic E-state index is 13.5. The van der Waals surface area contributed by atoms with Gasteiger partial charge in [0.05, 0.1) is 43.7 Å². The van der Waals surface area contributed by atoms with E-state index in [1.54, 1.807) is 45.6 Å². The number of halogens is 1. The molecule has 0 aromatic heterocycles. The highest BCUT2D eigenvalue weighted by atomic mass is 35.5. The maximum Gasteiger partial charge on any atom is 0.276 e. The fourth-order valence-corrected chi connectivity index (χ4v) is 3.96. The Bertz CT molecular complexity index is 1160. The summed E-state index contributed by atoms with van der Waals surface area (Å²) < 4.78 is 16.2. The Kier molecular flexibility index (Phi) is 6.32. The third-order valence-corrected chi connectivity index (χ3v) is 5.77. The number of benzene rings is 3. The zero-order valence-corrected chi connectivity index (χ0v) is 18.8. The molecule has 1 atom stereocenters. The van der Waals surface area contributed by atoms with Gasteiger partial charge in [-0.25, -0.2) is 5.01 Å². The Morgan fingerprint density at radius 1 is 0.938 bits per heavy atom. The van der Waals surface area contributed by atoms with Crippen LogP contribution in [0.15, 0.2) is 71.8 Å². The van der Waals surface area contributed by atoms with Gasteiger partial charge in [0.25, 0.3) is 5.91 Å². The van der Waals surface area contributed by atoms with Crippen LogP contribution in [0, 0.1) is 0 Å². The molecule has 0 saturated heterocycles. The van der Waals surface area contributed by atoms with E-state index in [2.05, 4.69) is 0 Å². The van der Waals surface area contributed by atoms with E-state index in [4.69, 9.17) is 30.9 Å². The van der Waals surface area contributed by atoms with E-state index in [0.717, 1.165) is 22.6 Å². The molecular formula is C25H23ClN2O4. The molecule has 4 rings (SSSR count). The predicted molar refractivity (Wildman–Crippen MR) is 124 cm³/mol. The smallest absolute Gasteiger partial charge is 0.276 e. The van der Waals surface area contributed by atoms with E-state index in [0.29, 0.717) is 28.5 Å². The van der Waals surface area contributed by atoms with Gasteiger partial charge >= 0.3 is 0 Å². The number of hydrazone groups is 1. The average molecular weight is 451 g/mol. The van der Waals surface area contributed by atoms with Crippen molar-refractivity contribution >= 4 is 23.2 Å². The number of amides is 1. The van der Waals surface area contributed by atoms with E-state index in [-0.39, 0.29) is 11.9 Å². The number of carbonyl (C=O) groups excluding carboxylic acids is 1. The fraction of sp³-hybridized carbons (Fsp3) is 0.200. The minimum Gasteiger partial charge on any atom is -0.497 e. The van der Waals surface area contributed by atoms with Crippen molar-refractivity contribution in [3.63, 3.8) is 0 Å². The highest BCUT2D eigenvalue weighted by Gasteiger charge is 2.35. The molecule has 0 aliphatic carbocycles. The van der Waals surface area contributed by atoms with Crippen LogP contribution in [0.5, 0.6) is 17.2 Å². The molecule has 0 N–H and O–H groups in total. The molecule has 1 aliphatic rings. The first kappa shape index (κ1) is 21.7. The zero-order chi connectivity index (χ0) is 22.7. The van der Waals surface area contributed by atoms with Crippen molar-refractivity contribution in [2.45, 2.75) is 12.5 Å². The summed E-state index contributed by atoms with van der Waals surface area (Å²) in [5, 5.41) is 6.62. The predicted octanol–water partition coefficient (Wildman–Crippen LogP) is 5.36. The number of rotatable bonds is 6. The molecule has 0 fully saturated rings. The molecule has 3 aromatic carbocycles. The molecule has 1 aliphatic heterocycles. The summed E-state index contributed by atoms with van der Waals surface area (Å²) in [6, 6.07) is 19.8. The van der Waals surface area contributed by atoms with Crippen LogP contribution in [0.1, 0.15) is 33.9 Å². The summed E-state index contributed by atoms with van der Waals surface area (Å²) in [6.45, 7) is 0. The molecule has 32 heavy (non-hydrogen) atoms. The second kappa shape index (κ2) is 9.32. The van der Waals surface area contributed by atoms with Crippen LogP contribution in [0.25, 0.3) is 0 Å². The molecule has 7 heteroatoms. The van der Waals surface area contributed by atoms with Crippen LogP contribution in [0.3, 0.4) is 0 Å². The standard InChI is InChI=1S/C25H23ClN2O4/c1-30-17-10-8-16(9-11-17)23-15-22(20-14-18(31-2)12-13-24(20)32-3)27-28(23)25(29)19-6-4-5-7-21(19)26/h4-14,23H,15H2,1-3H3/t23-/m0/s1. The topological polar surface area (TPSA) is 60.4 Å². The van der Waals surface area contributed by atoms with Crippen molar-refractivity contribution in [2.24, 2.45) is 5.10 Å². The van der Waals surface area contributed by atoms with Crippen molar-refractivity contribution in [3.05, 3.63) is 88.4 Å². The third kappa shape index (κ3) is 4.14. The van der Waals surface area contributed by atoms with Gasteiger partial charge in [-0.3, -0.25) is 4.79 Å². The largest absolute Gasteiger partial charge is 0.497 e. The summed E-state index contributed by atoms with van der Waals surface area (Å²) in [5.41, 5.74) is 2.84. The first-order chi connectivity index (χ1) is 15.5. The number of hydrogen-bond acceptors (Lipinski definition) is 5. The number of carbonyl (C=O) groups is 1. The molecule has 1 amide bonds. The Morgan fingerprint density at radius 2 is 1.62 bits per heavy atom. The summed E-state index contributed by atoms with van der Waals surface area (Å²) in [5.74, 6) is 1.81. The number of methoxy groups -OCH3 is 3. The molecule has 0 unspecified atom stereocenters. The van der Waals surface area contributed by atoms with Crippen LogP contribution in [-0.4, -0.2) is 38.0 Å². The SMILES string of the molecule is COc1ccc([C@@H]2CC(c3cc(OC)ccc3OC)=NN2C(=O)c2ccccc2Cl)cc1. The van der Waals surface area contributed by atoms with Gasteiger partial charge < -0.3 is 14.2 Å². The molecule has 164 valence electrons. The molecule has 3 aromatic rings. The molecule has 0 saturated carbocycles. The molecule has 0 bridgehead atoms. The van der Waals surface area contributed by atoms with E-state index in [1.807, 2.05) is 42.5 Å². The van der Waals surface area contributed by atoms with Crippen molar-refractivity contribution in [3.8, 4) is 17.2 Å². The first-order valence-electron chi connectivity index (χ1n) is 10.1. The van der Waals surface area contributed by atoms with Crippen molar-refractivity contribution in [1.29, 1.82) is 0 Å². The van der Waals surface area contributed by atoms with Gasteiger partial charge in [0.2, 0.25) is 0 Å². The van der Waals surface area contributed by atoms with Gasteiger partial charge in [0.1, 0.15) is 17.2 Å². The van der Waals surface area contributed by atoms with E-state index in [1.165, 1.54) is 5.01 Å². The Morgan fingerprint density at radius 3 is 2.28 bits per heavy atom. The monoisotopic (exact) mass is 450 g/mol. The number of hydrogen-bond donors (Lipinski definition) is 0. The number of ether oxygens (including phenoxy) is 3. The second-order valence-electron chi connectivity index (χ2n) is 7.24. The third-order valence-electron chi connectivity index (χ3n) is 5.44. The Hall–Kier alpha value is -3.51. The van der Waals surface area contributed by atoms with Crippen molar-refractivity contribution in [1.82, 2.24) is 5.01 Å². The summed E-state index contributed by atoms with van der Waals surface area (Å²) in [4.78, 5) is 13.5. The lowest BCUT2D eigenvalue weighted by molar-refractivity contribution is 0.0711. The lowest BCUT2D eigenvalue weighted by Crippen LogP contribution is -2.27. The van der Waals surface area contributed by atoms with E-state index in [9.17, 15) is 4.79 Å². The summed E-state index contributed by atoms with van der Waals surface area (Å²) in [6.07, 6.45) is 0.506. The summed E-state index contributed by atoms with van der Waals surface area (Å²) >= 11 is 6.32. The van der Waals surface area contributed by atoms with Gasteiger partial charge in [-0.1, -0.05) is 35.9 Å². The summed E-state index contributed by atoms with van der Waals surface area (Å²) in [7, 11) is 4.83. The Balaban J connectivity index is 1.79. The highest BCUT2D eigenvalue weighted by molar-refractivity contribution is 6.33. The molecule has 0 spiro atoms. The normalized spacial score (nSPS) is 15.3. The minimum atomic E-state index is -0.310. The van der Waals surface area contributed by atoms with E-state index >= 15 is 0 Å². The van der Waals surface area contributed by atoms with Crippen molar-refractivity contribution in [2.75, 3.05) is 21.3 Å². The maximum absolute atomic E-state index is 13.5. The van der Waals surface area contributed by atoms with Crippen LogP contribution in [0.4, 0.5) is 0 Å². The van der Waals surface area contributed by atoms with E-state index < -0.39 is 0 Å². The van der Waals surface area contributed by atoms with Gasteiger partial charge in [-0.2, -0.15) is 5.10 Å². The first-order valence-corrected chi connectivity index (χ1v) is 10.5. The van der Waals surface area contributed by atoms with Crippen LogP contribution >= 0.6 is 11.6 Å². The van der Waals surface area contributed by atoms with Gasteiger partial charge in [-0.05, 0) is 48.0 Å². The van der Waals surface area contributed by atoms with Crippen LogP contribution in [-0.2, 0) is 0 Å². The zero-order valence-electron chi connectivity index (χ0n) is 18.0. The molecular weight excluding hydrogens is 428 g/mol. The van der Waals surface area contributed by atoms with Crippen LogP contribution in [0.2, 0.25) is 5.02 Å². The molecule has 0 radical (unpaired) electrons. The number of nitrogens with zero attached hydrogens (tertiary/aromatic N) is 2. The van der Waals surface area contributed by atoms with Crippen LogP contribution < -0.4 is 14.2 Å². The van der Waals surface area contributed by atoms with Crippen molar-refractivity contribution < 1.29 is 19.0 Å². The fourth-order valence-electron chi connectivity index (χ4n) is 3.74. The average Bonchev–Trinajstić information content (AvgIpc) is 3.29.